The maximum atomic E-state index is 10.8. The third kappa shape index (κ3) is 2.72. The largest absolute Gasteiger partial charge is 0.477 e. The van der Waals surface area contributed by atoms with E-state index in [1.54, 1.807) is 25.1 Å². The number of carboxylic acid groups (broad SMARTS) is 2. The zero-order valence-corrected chi connectivity index (χ0v) is 10.5. The van der Waals surface area contributed by atoms with E-state index < -0.39 is 17.5 Å². The van der Waals surface area contributed by atoms with Crippen LogP contribution in [0, 0.1) is 6.92 Å². The highest BCUT2D eigenvalue weighted by Crippen LogP contribution is 2.20. The van der Waals surface area contributed by atoms with Crippen molar-refractivity contribution in [3.8, 4) is 0 Å². The van der Waals surface area contributed by atoms with Gasteiger partial charge in [-0.15, -0.1) is 0 Å². The summed E-state index contributed by atoms with van der Waals surface area (Å²) in [5.74, 6) is -2.21. The molecule has 0 saturated carbocycles. The van der Waals surface area contributed by atoms with Gasteiger partial charge in [0.2, 0.25) is 0 Å². The number of hydrogen-bond donors (Lipinski definition) is 3. The Hall–Kier alpha value is -2.96. The number of rotatable bonds is 4. The van der Waals surface area contributed by atoms with Crippen molar-refractivity contribution in [1.29, 1.82) is 0 Å². The van der Waals surface area contributed by atoms with Crippen LogP contribution in [0.5, 0.6) is 0 Å². The molecule has 0 aliphatic carbocycles. The van der Waals surface area contributed by atoms with Gasteiger partial charge in [-0.3, -0.25) is 0 Å². The SMILES string of the molecule is Cc1nc(NC=C(C(=O)O)C(=O)O)c2ccccc2n1. The monoisotopic (exact) mass is 273 g/mol. The third-order valence-corrected chi connectivity index (χ3v) is 2.53. The maximum Gasteiger partial charge on any atom is 0.344 e. The van der Waals surface area contributed by atoms with E-state index in [4.69, 9.17) is 10.2 Å². The van der Waals surface area contributed by atoms with E-state index in [1.165, 1.54) is 0 Å². The molecule has 0 atom stereocenters. The number of aromatic nitrogens is 2. The molecule has 1 aromatic heterocycles. The predicted molar refractivity (Wildman–Crippen MR) is 71.3 cm³/mol. The van der Waals surface area contributed by atoms with E-state index in [1.807, 2.05) is 6.07 Å². The maximum absolute atomic E-state index is 10.8. The first-order valence-corrected chi connectivity index (χ1v) is 5.65. The molecule has 1 aromatic carbocycles. The van der Waals surface area contributed by atoms with Gasteiger partial charge in [-0.2, -0.15) is 0 Å². The van der Waals surface area contributed by atoms with Crippen LogP contribution >= 0.6 is 0 Å². The van der Waals surface area contributed by atoms with Gasteiger partial charge in [-0.1, -0.05) is 12.1 Å². The number of anilines is 1. The molecule has 102 valence electrons. The summed E-state index contributed by atoms with van der Waals surface area (Å²) >= 11 is 0. The molecule has 2 aromatic rings. The Morgan fingerprint density at radius 1 is 1.15 bits per heavy atom. The Balaban J connectivity index is 2.46. The third-order valence-electron chi connectivity index (χ3n) is 2.53. The molecule has 0 fully saturated rings. The minimum absolute atomic E-state index is 0.355. The number of aryl methyl sites for hydroxylation is 1. The fourth-order valence-corrected chi connectivity index (χ4v) is 1.66. The van der Waals surface area contributed by atoms with Gasteiger partial charge in [0.15, 0.2) is 5.57 Å². The lowest BCUT2D eigenvalue weighted by Gasteiger charge is -2.06. The summed E-state index contributed by atoms with van der Waals surface area (Å²) in [5, 5.41) is 20.8. The number of benzene rings is 1. The smallest absolute Gasteiger partial charge is 0.344 e. The first-order chi connectivity index (χ1) is 9.49. The van der Waals surface area contributed by atoms with Gasteiger partial charge in [-0.25, -0.2) is 19.6 Å². The summed E-state index contributed by atoms with van der Waals surface area (Å²) in [6, 6.07) is 7.14. The van der Waals surface area contributed by atoms with Crippen LogP contribution in [-0.4, -0.2) is 32.1 Å². The summed E-state index contributed by atoms with van der Waals surface area (Å²) in [4.78, 5) is 29.9. The van der Waals surface area contributed by atoms with E-state index in [0.29, 0.717) is 22.5 Å². The van der Waals surface area contributed by atoms with Crippen molar-refractivity contribution in [3.05, 3.63) is 41.9 Å². The molecule has 3 N–H and O–H groups in total. The standard InChI is InChI=1S/C13H11N3O4/c1-7-15-10-5-3-2-4-8(10)11(16-7)14-6-9(12(17)18)13(19)20/h2-6H,1H3,(H,17,18)(H,19,20)(H,14,15,16). The highest BCUT2D eigenvalue weighted by molar-refractivity contribution is 6.12. The Morgan fingerprint density at radius 2 is 1.80 bits per heavy atom. The summed E-state index contributed by atoms with van der Waals surface area (Å²) < 4.78 is 0. The minimum atomic E-state index is -1.53. The quantitative estimate of drug-likeness (QED) is 0.438. The van der Waals surface area contributed by atoms with Gasteiger partial charge < -0.3 is 15.5 Å². The van der Waals surface area contributed by atoms with Crippen LogP contribution in [0.1, 0.15) is 5.82 Å². The van der Waals surface area contributed by atoms with Crippen molar-refractivity contribution in [2.45, 2.75) is 6.92 Å². The topological polar surface area (TPSA) is 112 Å². The van der Waals surface area contributed by atoms with Crippen molar-refractivity contribution in [2.75, 3.05) is 5.32 Å². The van der Waals surface area contributed by atoms with Crippen molar-refractivity contribution in [2.24, 2.45) is 0 Å². The number of hydrogen-bond acceptors (Lipinski definition) is 5. The summed E-state index contributed by atoms with van der Waals surface area (Å²) in [6.45, 7) is 1.69. The number of nitrogens with zero attached hydrogens (tertiary/aromatic N) is 2. The number of carbonyl (C=O) groups is 2. The lowest BCUT2D eigenvalue weighted by Crippen LogP contribution is -2.13. The summed E-state index contributed by atoms with van der Waals surface area (Å²) in [6.07, 6.45) is 0.902. The van der Waals surface area contributed by atoms with Crippen LogP contribution in [0.2, 0.25) is 0 Å². The van der Waals surface area contributed by atoms with Gasteiger partial charge in [-0.05, 0) is 19.1 Å². The summed E-state index contributed by atoms with van der Waals surface area (Å²) in [5.41, 5.74) is -0.0894. The molecule has 7 nitrogen and oxygen atoms in total. The normalized spacial score (nSPS) is 10.1. The molecule has 0 amide bonds. The number of fused-ring (bicyclic) bond motifs is 1. The molecule has 0 saturated heterocycles. The Kier molecular flexibility index (Phi) is 3.60. The molecule has 0 unspecified atom stereocenters. The van der Waals surface area contributed by atoms with Crippen molar-refractivity contribution >= 4 is 28.7 Å². The van der Waals surface area contributed by atoms with Crippen molar-refractivity contribution in [1.82, 2.24) is 9.97 Å². The molecule has 7 heteroatoms. The van der Waals surface area contributed by atoms with Crippen LogP contribution in [0.4, 0.5) is 5.82 Å². The molecule has 2 rings (SSSR count). The number of carboxylic acids is 2. The van der Waals surface area contributed by atoms with Gasteiger partial charge in [0.05, 0.1) is 5.52 Å². The molecule has 0 spiro atoms. The van der Waals surface area contributed by atoms with Crippen LogP contribution in [0.15, 0.2) is 36.0 Å². The molecule has 0 aliphatic heterocycles. The fourth-order valence-electron chi connectivity index (χ4n) is 1.66. The van der Waals surface area contributed by atoms with Crippen molar-refractivity contribution < 1.29 is 19.8 Å². The van der Waals surface area contributed by atoms with E-state index in [-0.39, 0.29) is 0 Å². The predicted octanol–water partition coefficient (Wildman–Crippen LogP) is 1.40. The fraction of sp³-hybridized carbons (Fsp3) is 0.0769. The molecule has 0 bridgehead atoms. The average Bonchev–Trinajstić information content (AvgIpc) is 2.37. The first-order valence-electron chi connectivity index (χ1n) is 5.65. The van der Waals surface area contributed by atoms with Gasteiger partial charge >= 0.3 is 11.9 Å². The van der Waals surface area contributed by atoms with Gasteiger partial charge in [0.1, 0.15) is 11.6 Å². The average molecular weight is 273 g/mol. The minimum Gasteiger partial charge on any atom is -0.477 e. The zero-order valence-electron chi connectivity index (χ0n) is 10.5. The van der Waals surface area contributed by atoms with Gasteiger partial charge in [0.25, 0.3) is 0 Å². The van der Waals surface area contributed by atoms with Crippen LogP contribution < -0.4 is 5.32 Å². The molecular weight excluding hydrogens is 262 g/mol. The van der Waals surface area contributed by atoms with Crippen LogP contribution in [-0.2, 0) is 9.59 Å². The molecule has 0 aliphatic rings. The van der Waals surface area contributed by atoms with E-state index in [9.17, 15) is 9.59 Å². The molecular formula is C13H11N3O4. The second-order valence-electron chi connectivity index (χ2n) is 3.95. The second kappa shape index (κ2) is 5.35. The molecule has 0 radical (unpaired) electrons. The van der Waals surface area contributed by atoms with E-state index in [2.05, 4.69) is 15.3 Å². The molecule has 1 heterocycles. The Morgan fingerprint density at radius 3 is 2.45 bits per heavy atom. The number of aliphatic carboxylic acids is 2. The summed E-state index contributed by atoms with van der Waals surface area (Å²) in [7, 11) is 0. The van der Waals surface area contributed by atoms with Crippen LogP contribution in [0.25, 0.3) is 10.9 Å². The van der Waals surface area contributed by atoms with Gasteiger partial charge in [0, 0.05) is 11.6 Å². The Bertz CT molecular complexity index is 709. The lowest BCUT2D eigenvalue weighted by molar-refractivity contribution is -0.140. The lowest BCUT2D eigenvalue weighted by atomic mass is 10.2. The Labute approximate surface area is 113 Å². The highest BCUT2D eigenvalue weighted by Gasteiger charge is 2.16. The number of para-hydroxylation sites is 1. The van der Waals surface area contributed by atoms with E-state index >= 15 is 0 Å². The van der Waals surface area contributed by atoms with Crippen molar-refractivity contribution in [3.63, 3.8) is 0 Å². The second-order valence-corrected chi connectivity index (χ2v) is 3.95. The first kappa shape index (κ1) is 13.5. The number of nitrogens with one attached hydrogen (secondary N) is 1. The zero-order chi connectivity index (χ0) is 14.7. The highest BCUT2D eigenvalue weighted by atomic mass is 16.4. The molecule has 20 heavy (non-hydrogen) atoms. The van der Waals surface area contributed by atoms with E-state index in [0.717, 1.165) is 6.20 Å². The van der Waals surface area contributed by atoms with Crippen LogP contribution in [0.3, 0.4) is 0 Å².